The van der Waals surface area contributed by atoms with Gasteiger partial charge >= 0.3 is 6.18 Å². The number of halogens is 4. The van der Waals surface area contributed by atoms with E-state index in [1.807, 2.05) is 13.8 Å². The van der Waals surface area contributed by atoms with Crippen LogP contribution in [0, 0.1) is 11.7 Å². The van der Waals surface area contributed by atoms with Crippen molar-refractivity contribution in [3.63, 3.8) is 0 Å². The van der Waals surface area contributed by atoms with Gasteiger partial charge in [0.2, 0.25) is 5.91 Å². The topological polar surface area (TPSA) is 76.3 Å². The van der Waals surface area contributed by atoms with Crippen molar-refractivity contribution in [1.82, 2.24) is 4.98 Å². The van der Waals surface area contributed by atoms with Crippen LogP contribution in [0.5, 0.6) is 0 Å². The maximum absolute atomic E-state index is 13.8. The van der Waals surface area contributed by atoms with Gasteiger partial charge in [0.15, 0.2) is 5.78 Å². The molecule has 3 rings (SSSR count). The number of carbonyl (C=O) groups excluding carboxylic acids is 2. The average molecular weight is 536 g/mol. The minimum Gasteiger partial charge on any atom is -0.399 e. The number of amides is 1. The van der Waals surface area contributed by atoms with Crippen molar-refractivity contribution in [3.05, 3.63) is 65.2 Å². The number of anilines is 1. The van der Waals surface area contributed by atoms with Crippen LogP contribution in [-0.2, 0) is 17.4 Å². The molecular formula is C29H37F4N3O2. The predicted molar refractivity (Wildman–Crippen MR) is 142 cm³/mol. The van der Waals surface area contributed by atoms with Crippen LogP contribution in [0.25, 0.3) is 5.70 Å². The number of aromatic nitrogens is 1. The van der Waals surface area contributed by atoms with Crippen molar-refractivity contribution in [2.45, 2.75) is 84.9 Å². The summed E-state index contributed by atoms with van der Waals surface area (Å²) in [5, 5.41) is 0. The number of carbonyl (C=O) groups is 2. The van der Waals surface area contributed by atoms with Gasteiger partial charge in [0.1, 0.15) is 5.82 Å². The highest BCUT2D eigenvalue weighted by Crippen LogP contribution is 2.33. The molecule has 1 saturated carbocycles. The van der Waals surface area contributed by atoms with E-state index >= 15 is 0 Å². The highest BCUT2D eigenvalue weighted by atomic mass is 19.4. The van der Waals surface area contributed by atoms with Crippen molar-refractivity contribution >= 4 is 23.1 Å². The molecule has 0 bridgehead atoms. The van der Waals surface area contributed by atoms with Gasteiger partial charge in [-0.2, -0.15) is 13.2 Å². The number of nitrogens with zero attached hydrogens (tertiary/aromatic N) is 2. The van der Waals surface area contributed by atoms with Crippen molar-refractivity contribution in [1.29, 1.82) is 0 Å². The number of hydrogen-bond acceptors (Lipinski definition) is 4. The van der Waals surface area contributed by atoms with E-state index < -0.39 is 17.6 Å². The van der Waals surface area contributed by atoms with Crippen molar-refractivity contribution < 1.29 is 27.2 Å². The third kappa shape index (κ3) is 7.88. The van der Waals surface area contributed by atoms with E-state index in [-0.39, 0.29) is 47.0 Å². The number of aryl methyl sites for hydroxylation is 1. The van der Waals surface area contributed by atoms with E-state index in [2.05, 4.69) is 11.6 Å². The molecule has 208 valence electrons. The van der Waals surface area contributed by atoms with Crippen LogP contribution < -0.4 is 10.6 Å². The molecule has 0 saturated heterocycles. The fourth-order valence-corrected chi connectivity index (χ4v) is 4.52. The fourth-order valence-electron chi connectivity index (χ4n) is 4.52. The molecule has 0 spiro atoms. The quantitative estimate of drug-likeness (QED) is 0.297. The predicted octanol–water partition coefficient (Wildman–Crippen LogP) is 7.33. The smallest absolute Gasteiger partial charge is 0.399 e. The van der Waals surface area contributed by atoms with Crippen molar-refractivity contribution in [2.75, 3.05) is 4.90 Å². The summed E-state index contributed by atoms with van der Waals surface area (Å²) >= 11 is 0. The number of nitrogens with two attached hydrogens (primary N) is 1. The van der Waals surface area contributed by atoms with Gasteiger partial charge in [-0.3, -0.25) is 14.6 Å². The van der Waals surface area contributed by atoms with Gasteiger partial charge in [-0.1, -0.05) is 39.7 Å². The first-order chi connectivity index (χ1) is 17.8. The Morgan fingerprint density at radius 2 is 1.76 bits per heavy atom. The summed E-state index contributed by atoms with van der Waals surface area (Å²) in [4.78, 5) is 30.6. The maximum atomic E-state index is 13.8. The summed E-state index contributed by atoms with van der Waals surface area (Å²) in [6, 6.07) is 4.97. The lowest BCUT2D eigenvalue weighted by Gasteiger charge is -2.33. The zero-order valence-corrected chi connectivity index (χ0v) is 22.5. The SMILES string of the molecule is C=C(N)c1cnc(CC)c(C(F)(F)F)c1.CCC(=O)c1ccc(F)cc1N(C(=O)C1CCCCC1)C(C)C. The first-order valence-corrected chi connectivity index (χ1v) is 13.0. The second-order valence-electron chi connectivity index (χ2n) is 9.67. The largest absolute Gasteiger partial charge is 0.418 e. The van der Waals surface area contributed by atoms with Gasteiger partial charge in [0.05, 0.1) is 16.9 Å². The van der Waals surface area contributed by atoms with Gasteiger partial charge in [0, 0.05) is 41.4 Å². The molecule has 38 heavy (non-hydrogen) atoms. The van der Waals surface area contributed by atoms with E-state index in [0.29, 0.717) is 17.7 Å². The molecule has 1 heterocycles. The molecule has 0 atom stereocenters. The summed E-state index contributed by atoms with van der Waals surface area (Å²) in [5.41, 5.74) is 5.74. The molecule has 1 amide bonds. The zero-order chi connectivity index (χ0) is 28.6. The number of hydrogen-bond donors (Lipinski definition) is 1. The number of alkyl halides is 3. The number of rotatable bonds is 7. The molecular weight excluding hydrogens is 498 g/mol. The van der Waals surface area contributed by atoms with Gasteiger partial charge in [-0.25, -0.2) is 4.39 Å². The lowest BCUT2D eigenvalue weighted by Crippen LogP contribution is -2.42. The number of pyridine rings is 1. The minimum absolute atomic E-state index is 0.0148. The Kier molecular flexibility index (Phi) is 11.0. The van der Waals surface area contributed by atoms with Gasteiger partial charge in [-0.05, 0) is 57.4 Å². The summed E-state index contributed by atoms with van der Waals surface area (Å²) in [7, 11) is 0. The molecule has 1 aromatic carbocycles. The Morgan fingerprint density at radius 3 is 2.26 bits per heavy atom. The third-order valence-electron chi connectivity index (χ3n) is 6.53. The molecule has 1 aliphatic rings. The molecule has 1 fully saturated rings. The van der Waals surface area contributed by atoms with Gasteiger partial charge < -0.3 is 10.6 Å². The molecule has 2 N–H and O–H groups in total. The molecule has 2 aromatic rings. The number of ketones is 1. The highest BCUT2D eigenvalue weighted by Gasteiger charge is 2.34. The van der Waals surface area contributed by atoms with Gasteiger partial charge in [-0.15, -0.1) is 0 Å². The van der Waals surface area contributed by atoms with Crippen LogP contribution in [0.2, 0.25) is 0 Å². The van der Waals surface area contributed by atoms with Crippen LogP contribution in [0.4, 0.5) is 23.2 Å². The molecule has 9 heteroatoms. The maximum Gasteiger partial charge on any atom is 0.418 e. The van der Waals surface area contributed by atoms with E-state index in [9.17, 15) is 27.2 Å². The van der Waals surface area contributed by atoms with Crippen LogP contribution in [0.15, 0.2) is 37.0 Å². The molecule has 0 unspecified atom stereocenters. The second-order valence-corrected chi connectivity index (χ2v) is 9.67. The first kappa shape index (κ1) is 31.0. The number of benzene rings is 1. The van der Waals surface area contributed by atoms with Gasteiger partial charge in [0.25, 0.3) is 0 Å². The fraction of sp³-hybridized carbons (Fsp3) is 0.483. The summed E-state index contributed by atoms with van der Waals surface area (Å²) < 4.78 is 51.5. The normalized spacial score (nSPS) is 14.0. The molecule has 1 aromatic heterocycles. The van der Waals surface area contributed by atoms with E-state index in [1.54, 1.807) is 18.7 Å². The second kappa shape index (κ2) is 13.5. The third-order valence-corrected chi connectivity index (χ3v) is 6.53. The lowest BCUT2D eigenvalue weighted by molar-refractivity contribution is -0.138. The van der Waals surface area contributed by atoms with E-state index in [1.165, 1.54) is 30.8 Å². The number of Topliss-reactive ketones (excluding diaryl/α,β-unsaturated/α-hetero) is 1. The van der Waals surface area contributed by atoms with Crippen LogP contribution in [-0.4, -0.2) is 22.7 Å². The first-order valence-electron chi connectivity index (χ1n) is 13.0. The molecule has 0 radical (unpaired) electrons. The Labute approximate surface area is 222 Å². The summed E-state index contributed by atoms with van der Waals surface area (Å²) in [6.07, 6.45) is 2.53. The van der Waals surface area contributed by atoms with Crippen LogP contribution >= 0.6 is 0 Å². The monoisotopic (exact) mass is 535 g/mol. The Balaban J connectivity index is 0.000000293. The van der Waals surface area contributed by atoms with Crippen molar-refractivity contribution in [3.8, 4) is 0 Å². The van der Waals surface area contributed by atoms with E-state index in [0.717, 1.165) is 31.7 Å². The molecule has 0 aliphatic heterocycles. The summed E-state index contributed by atoms with van der Waals surface area (Å²) in [6.45, 7) is 10.6. The standard InChI is InChI=1S/C19H26FNO2.C10H11F3N2/c1-4-18(22)16-11-10-15(20)12-17(16)21(13(2)3)19(23)14-8-6-5-7-9-14;1-3-9-8(10(11,12)13)4-7(5-15-9)6(2)14/h10-14H,4-9H2,1-3H3;4-5H,2-3,14H2,1H3. The van der Waals surface area contributed by atoms with Crippen LogP contribution in [0.1, 0.15) is 93.4 Å². The highest BCUT2D eigenvalue weighted by molar-refractivity contribution is 6.06. The van der Waals surface area contributed by atoms with E-state index in [4.69, 9.17) is 5.73 Å². The van der Waals surface area contributed by atoms with Crippen molar-refractivity contribution in [2.24, 2.45) is 11.7 Å². The van der Waals surface area contributed by atoms with Crippen LogP contribution in [0.3, 0.4) is 0 Å². The Bertz CT molecular complexity index is 1140. The average Bonchev–Trinajstić information content (AvgIpc) is 2.88. The minimum atomic E-state index is -4.40. The molecule has 5 nitrogen and oxygen atoms in total. The lowest BCUT2D eigenvalue weighted by atomic mass is 9.87. The molecule has 1 aliphatic carbocycles. The Hall–Kier alpha value is -3.23. The Morgan fingerprint density at radius 1 is 1.13 bits per heavy atom. The summed E-state index contributed by atoms with van der Waals surface area (Å²) in [5.74, 6) is -0.480. The zero-order valence-electron chi connectivity index (χ0n) is 22.5.